The number of aliphatic imine (C=N–C) groups is 1. The predicted molar refractivity (Wildman–Crippen MR) is 98.0 cm³/mol. The summed E-state index contributed by atoms with van der Waals surface area (Å²) in [6.45, 7) is 11.2. The third kappa shape index (κ3) is 3.55. The molecule has 1 fully saturated rings. The monoisotopic (exact) mass is 360 g/mol. The molecule has 1 aromatic rings. The Morgan fingerprint density at radius 2 is 1.77 bits per heavy atom. The van der Waals surface area contributed by atoms with Gasteiger partial charge in [0.2, 0.25) is 0 Å². The first-order valence-corrected chi connectivity index (χ1v) is 8.21. The molecule has 0 N–H and O–H groups in total. The molecule has 0 unspecified atom stereocenters. The normalized spacial score (nSPS) is 21.9. The van der Waals surface area contributed by atoms with Crippen molar-refractivity contribution in [3.8, 4) is 0 Å². The van der Waals surface area contributed by atoms with Gasteiger partial charge in [0.05, 0.1) is 5.69 Å². The van der Waals surface area contributed by atoms with E-state index in [9.17, 15) is 0 Å². The van der Waals surface area contributed by atoms with Crippen LogP contribution in [0.4, 0.5) is 5.69 Å². The lowest BCUT2D eigenvalue weighted by Gasteiger charge is -2.34. The lowest BCUT2D eigenvalue weighted by molar-refractivity contribution is 0.185. The third-order valence-corrected chi connectivity index (χ3v) is 4.87. The molecule has 0 amide bonds. The maximum Gasteiger partial charge on any atom is 0.106 e. The molecule has 0 bridgehead atoms. The molecule has 5 heteroatoms. The van der Waals surface area contributed by atoms with E-state index < -0.39 is 0 Å². The largest absolute Gasteiger partial charge is 0.355 e. The van der Waals surface area contributed by atoms with Gasteiger partial charge in [0.15, 0.2) is 0 Å². The number of hydrogen-bond donors (Lipinski definition) is 0. The minimum absolute atomic E-state index is 0. The van der Waals surface area contributed by atoms with Gasteiger partial charge in [-0.1, -0.05) is 50.9 Å². The van der Waals surface area contributed by atoms with E-state index in [0.717, 1.165) is 35.8 Å². The Bertz CT molecular complexity index is 621. The summed E-state index contributed by atoms with van der Waals surface area (Å²) in [7, 11) is 0. The highest BCUT2D eigenvalue weighted by Crippen LogP contribution is 2.44. The molecular formula is C17H23Cl3N2. The van der Waals surface area contributed by atoms with Crippen molar-refractivity contribution in [3.63, 3.8) is 0 Å². The summed E-state index contributed by atoms with van der Waals surface area (Å²) < 4.78 is 0. The highest BCUT2D eigenvalue weighted by atomic mass is 35.5. The molecule has 3 rings (SSSR count). The van der Waals surface area contributed by atoms with Gasteiger partial charge in [-0.05, 0) is 29.4 Å². The summed E-state index contributed by atoms with van der Waals surface area (Å²) in [5.41, 5.74) is 2.57. The summed E-state index contributed by atoms with van der Waals surface area (Å²) in [6.07, 6.45) is 2.19. The van der Waals surface area contributed by atoms with Crippen LogP contribution in [0.15, 0.2) is 17.1 Å². The van der Waals surface area contributed by atoms with Crippen LogP contribution in [0.2, 0.25) is 10.0 Å². The van der Waals surface area contributed by atoms with E-state index in [2.05, 4.69) is 32.6 Å². The molecule has 0 spiro atoms. The Kier molecular flexibility index (Phi) is 4.79. The van der Waals surface area contributed by atoms with Crippen LogP contribution < -0.4 is 0 Å². The quantitative estimate of drug-likeness (QED) is 0.544. The van der Waals surface area contributed by atoms with E-state index in [1.165, 1.54) is 12.3 Å². The van der Waals surface area contributed by atoms with E-state index >= 15 is 0 Å². The van der Waals surface area contributed by atoms with Gasteiger partial charge in [0.25, 0.3) is 0 Å². The number of rotatable bonds is 0. The third-order valence-electron chi connectivity index (χ3n) is 4.31. The van der Waals surface area contributed by atoms with E-state index in [-0.39, 0.29) is 23.2 Å². The number of nitrogens with zero attached hydrogens (tertiary/aromatic N) is 2. The number of benzene rings is 1. The van der Waals surface area contributed by atoms with Crippen molar-refractivity contribution in [2.75, 3.05) is 6.54 Å². The zero-order chi connectivity index (χ0) is 15.4. The van der Waals surface area contributed by atoms with Crippen LogP contribution in [0.25, 0.3) is 0 Å². The van der Waals surface area contributed by atoms with Crippen LogP contribution in [-0.4, -0.2) is 17.3 Å². The van der Waals surface area contributed by atoms with Crippen LogP contribution in [0, 0.1) is 10.8 Å². The van der Waals surface area contributed by atoms with Crippen molar-refractivity contribution in [1.29, 1.82) is 0 Å². The Hall–Kier alpha value is -0.440. The molecule has 0 aliphatic carbocycles. The topological polar surface area (TPSA) is 15.6 Å². The molecule has 2 aliphatic rings. The van der Waals surface area contributed by atoms with Gasteiger partial charge in [-0.3, -0.25) is 0 Å². The van der Waals surface area contributed by atoms with E-state index in [1.807, 2.05) is 12.1 Å². The van der Waals surface area contributed by atoms with E-state index in [4.69, 9.17) is 28.2 Å². The number of hydrogen-bond acceptors (Lipinski definition) is 2. The molecule has 2 aliphatic heterocycles. The SMILES string of the molecule is CC1(C)CC2=Nc3cc(Cl)cc(Cl)c3CN2CC(C)(C)C1.Cl. The fraction of sp³-hybridized carbons (Fsp3) is 0.588. The fourth-order valence-corrected chi connectivity index (χ4v) is 4.54. The average Bonchev–Trinajstić information content (AvgIpc) is 2.36. The van der Waals surface area contributed by atoms with Crippen LogP contribution in [-0.2, 0) is 6.54 Å². The van der Waals surface area contributed by atoms with Crippen molar-refractivity contribution in [1.82, 2.24) is 4.90 Å². The molecule has 0 saturated carbocycles. The minimum atomic E-state index is 0. The van der Waals surface area contributed by atoms with Crippen LogP contribution in [0.3, 0.4) is 0 Å². The van der Waals surface area contributed by atoms with Gasteiger partial charge in [0.1, 0.15) is 5.84 Å². The fourth-order valence-electron chi connectivity index (χ4n) is 4.00. The molecule has 2 heterocycles. The summed E-state index contributed by atoms with van der Waals surface area (Å²) in [6, 6.07) is 3.74. The summed E-state index contributed by atoms with van der Waals surface area (Å²) in [5, 5.41) is 1.38. The summed E-state index contributed by atoms with van der Waals surface area (Å²) >= 11 is 12.5. The van der Waals surface area contributed by atoms with Crippen molar-refractivity contribution in [3.05, 3.63) is 27.7 Å². The van der Waals surface area contributed by atoms with Gasteiger partial charge in [0, 0.05) is 35.1 Å². The predicted octanol–water partition coefficient (Wildman–Crippen LogP) is 6.11. The summed E-state index contributed by atoms with van der Waals surface area (Å²) in [4.78, 5) is 7.28. The van der Waals surface area contributed by atoms with E-state index in [1.54, 1.807) is 0 Å². The zero-order valence-corrected chi connectivity index (χ0v) is 15.9. The highest BCUT2D eigenvalue weighted by molar-refractivity contribution is 6.35. The van der Waals surface area contributed by atoms with Crippen LogP contribution in [0.1, 0.15) is 46.1 Å². The molecule has 0 radical (unpaired) electrons. The maximum atomic E-state index is 6.37. The second kappa shape index (κ2) is 5.89. The Morgan fingerprint density at radius 3 is 2.45 bits per heavy atom. The van der Waals surface area contributed by atoms with Crippen molar-refractivity contribution >= 4 is 47.1 Å². The van der Waals surface area contributed by atoms with Gasteiger partial charge >= 0.3 is 0 Å². The van der Waals surface area contributed by atoms with Crippen molar-refractivity contribution in [2.45, 2.75) is 47.1 Å². The molecule has 22 heavy (non-hydrogen) atoms. The smallest absolute Gasteiger partial charge is 0.106 e. The first-order chi connectivity index (χ1) is 9.65. The second-order valence-corrected chi connectivity index (χ2v) is 8.80. The van der Waals surface area contributed by atoms with Gasteiger partial charge < -0.3 is 4.90 Å². The van der Waals surface area contributed by atoms with Crippen LogP contribution >= 0.6 is 35.6 Å². The van der Waals surface area contributed by atoms with Crippen LogP contribution in [0.5, 0.6) is 0 Å². The molecule has 0 atom stereocenters. The molecule has 122 valence electrons. The van der Waals surface area contributed by atoms with Crippen molar-refractivity contribution in [2.24, 2.45) is 15.8 Å². The maximum absolute atomic E-state index is 6.37. The lowest BCUT2D eigenvalue weighted by atomic mass is 9.74. The molecule has 1 aromatic carbocycles. The molecule has 1 saturated heterocycles. The molecular weight excluding hydrogens is 339 g/mol. The first kappa shape index (κ1) is 17.9. The van der Waals surface area contributed by atoms with Gasteiger partial charge in [-0.25, -0.2) is 4.99 Å². The minimum Gasteiger partial charge on any atom is -0.355 e. The first-order valence-electron chi connectivity index (χ1n) is 7.46. The number of fused-ring (bicyclic) bond motifs is 2. The lowest BCUT2D eigenvalue weighted by Crippen LogP contribution is -2.37. The van der Waals surface area contributed by atoms with E-state index in [0.29, 0.717) is 5.02 Å². The second-order valence-electron chi connectivity index (χ2n) is 7.95. The van der Waals surface area contributed by atoms with Crippen molar-refractivity contribution < 1.29 is 0 Å². The van der Waals surface area contributed by atoms with Gasteiger partial charge in [-0.15, -0.1) is 12.4 Å². The highest BCUT2D eigenvalue weighted by Gasteiger charge is 2.38. The van der Waals surface area contributed by atoms with Gasteiger partial charge in [-0.2, -0.15) is 0 Å². The number of halogens is 3. The Labute approximate surface area is 149 Å². The number of amidine groups is 1. The standard InChI is InChI=1S/C17H22Cl2N2.ClH/c1-16(2)7-15-20-14-6-11(18)5-13(19)12(14)8-21(15)10-17(3,4)9-16;/h5-6H,7-10H2,1-4H3;1H. The molecule has 0 aromatic heterocycles. The zero-order valence-electron chi connectivity index (χ0n) is 13.5. The Balaban J connectivity index is 0.00000176. The Morgan fingerprint density at radius 1 is 1.09 bits per heavy atom. The average molecular weight is 362 g/mol. The summed E-state index contributed by atoms with van der Waals surface area (Å²) in [5.74, 6) is 1.18. The molecule has 2 nitrogen and oxygen atoms in total.